The first kappa shape index (κ1) is 18.5. The number of anilines is 1. The Kier molecular flexibility index (Phi) is 5.98. The molecule has 1 saturated heterocycles. The fourth-order valence-electron chi connectivity index (χ4n) is 3.49. The van der Waals surface area contributed by atoms with Gasteiger partial charge in [0, 0.05) is 20.2 Å². The highest BCUT2D eigenvalue weighted by Crippen LogP contribution is 2.44. The topological polar surface area (TPSA) is 65.9 Å². The van der Waals surface area contributed by atoms with Crippen LogP contribution in [-0.2, 0) is 4.74 Å². The Morgan fingerprint density at radius 1 is 1.15 bits per heavy atom. The molecule has 1 fully saturated rings. The van der Waals surface area contributed by atoms with Crippen molar-refractivity contribution in [2.24, 2.45) is 0 Å². The van der Waals surface area contributed by atoms with E-state index in [4.69, 9.17) is 18.9 Å². The molecule has 1 unspecified atom stereocenters. The minimum absolute atomic E-state index is 0.412. The van der Waals surface area contributed by atoms with Crippen molar-refractivity contribution in [3.8, 4) is 17.2 Å². The van der Waals surface area contributed by atoms with Gasteiger partial charge in [-0.25, -0.2) is 9.97 Å². The van der Waals surface area contributed by atoms with Gasteiger partial charge in [-0.2, -0.15) is 0 Å². The maximum absolute atomic E-state index is 5.71. The van der Waals surface area contributed by atoms with Crippen molar-refractivity contribution in [2.45, 2.75) is 31.8 Å². The molecule has 0 bridgehead atoms. The lowest BCUT2D eigenvalue weighted by atomic mass is 10.1. The summed E-state index contributed by atoms with van der Waals surface area (Å²) in [6.07, 6.45) is 6.45. The van der Waals surface area contributed by atoms with Crippen LogP contribution >= 0.6 is 0 Å². The van der Waals surface area contributed by atoms with Gasteiger partial charge in [0.25, 0.3) is 0 Å². The zero-order chi connectivity index (χ0) is 18.5. The van der Waals surface area contributed by atoms with Crippen molar-refractivity contribution in [3.63, 3.8) is 0 Å². The third-order valence-electron chi connectivity index (χ3n) is 4.82. The lowest BCUT2D eigenvalue weighted by Crippen LogP contribution is -2.21. The average molecular weight is 361 g/mol. The highest BCUT2D eigenvalue weighted by molar-refractivity contribution is 5.96. The number of methoxy groups -OCH3 is 3. The van der Waals surface area contributed by atoms with Gasteiger partial charge in [0.05, 0.1) is 32.8 Å². The van der Waals surface area contributed by atoms with Crippen LogP contribution in [0.25, 0.3) is 10.9 Å². The minimum Gasteiger partial charge on any atom is -0.493 e. The number of fused-ring (bicyclic) bond motifs is 1. The maximum atomic E-state index is 5.71. The van der Waals surface area contributed by atoms with E-state index < -0.39 is 0 Å². The van der Waals surface area contributed by atoms with E-state index >= 15 is 0 Å². The van der Waals surface area contributed by atoms with E-state index in [1.54, 1.807) is 27.7 Å². The molecule has 1 aromatic carbocycles. The fourth-order valence-corrected chi connectivity index (χ4v) is 3.49. The Hall–Kier alpha value is -2.28. The summed E-state index contributed by atoms with van der Waals surface area (Å²) in [7, 11) is 6.84. The molecule has 1 atom stereocenters. The van der Waals surface area contributed by atoms with Crippen molar-refractivity contribution in [1.82, 2.24) is 9.97 Å². The predicted molar refractivity (Wildman–Crippen MR) is 101 cm³/mol. The number of nitrogens with zero attached hydrogens (tertiary/aromatic N) is 3. The molecule has 1 aliphatic heterocycles. The summed E-state index contributed by atoms with van der Waals surface area (Å²) >= 11 is 0. The third-order valence-corrected chi connectivity index (χ3v) is 4.82. The molecular weight excluding hydrogens is 334 g/mol. The maximum Gasteiger partial charge on any atom is 0.205 e. The number of hydrogen-bond donors (Lipinski definition) is 0. The van der Waals surface area contributed by atoms with Crippen LogP contribution < -0.4 is 19.1 Å². The van der Waals surface area contributed by atoms with Crippen molar-refractivity contribution >= 4 is 16.7 Å². The van der Waals surface area contributed by atoms with E-state index in [1.165, 1.54) is 12.8 Å². The molecule has 3 rings (SSSR count). The van der Waals surface area contributed by atoms with E-state index in [0.717, 1.165) is 37.2 Å². The molecular formula is C19H27N3O4. The Bertz CT molecular complexity index is 747. The Morgan fingerprint density at radius 2 is 1.96 bits per heavy atom. The van der Waals surface area contributed by atoms with Crippen LogP contribution in [0.4, 0.5) is 5.82 Å². The normalized spacial score (nSPS) is 16.7. The SMILES string of the molecule is COc1cc2c(N(C)CCCC3CCCO3)ncnc2c(OC)c1OC. The molecule has 7 heteroatoms. The first-order valence-electron chi connectivity index (χ1n) is 8.96. The van der Waals surface area contributed by atoms with Gasteiger partial charge in [-0.1, -0.05) is 0 Å². The Labute approximate surface area is 154 Å². The van der Waals surface area contributed by atoms with Gasteiger partial charge in [0.2, 0.25) is 5.75 Å². The van der Waals surface area contributed by atoms with Crippen LogP contribution in [0.15, 0.2) is 12.4 Å². The van der Waals surface area contributed by atoms with Gasteiger partial charge in [0.15, 0.2) is 11.5 Å². The molecule has 7 nitrogen and oxygen atoms in total. The van der Waals surface area contributed by atoms with Crippen molar-refractivity contribution in [2.75, 3.05) is 46.4 Å². The number of hydrogen-bond acceptors (Lipinski definition) is 7. The molecule has 0 aliphatic carbocycles. The molecule has 1 aromatic heterocycles. The van der Waals surface area contributed by atoms with Gasteiger partial charge >= 0.3 is 0 Å². The van der Waals surface area contributed by atoms with E-state index in [2.05, 4.69) is 14.9 Å². The summed E-state index contributed by atoms with van der Waals surface area (Å²) < 4.78 is 22.2. The van der Waals surface area contributed by atoms with Crippen LogP contribution in [0.5, 0.6) is 17.2 Å². The molecule has 2 heterocycles. The zero-order valence-electron chi connectivity index (χ0n) is 15.9. The molecule has 0 spiro atoms. The van der Waals surface area contributed by atoms with E-state index in [0.29, 0.717) is 28.9 Å². The molecule has 142 valence electrons. The molecule has 26 heavy (non-hydrogen) atoms. The Balaban J connectivity index is 1.87. The third kappa shape index (κ3) is 3.62. The van der Waals surface area contributed by atoms with Gasteiger partial charge in [-0.05, 0) is 31.7 Å². The second-order valence-corrected chi connectivity index (χ2v) is 6.44. The molecule has 2 aromatic rings. The highest BCUT2D eigenvalue weighted by atomic mass is 16.5. The number of benzene rings is 1. The summed E-state index contributed by atoms with van der Waals surface area (Å²) in [6, 6.07) is 1.91. The summed E-state index contributed by atoms with van der Waals surface area (Å²) in [5, 5.41) is 0.876. The average Bonchev–Trinajstić information content (AvgIpc) is 3.19. The van der Waals surface area contributed by atoms with Crippen molar-refractivity contribution in [1.29, 1.82) is 0 Å². The highest BCUT2D eigenvalue weighted by Gasteiger charge is 2.21. The molecule has 0 radical (unpaired) electrons. The molecule has 1 aliphatic rings. The molecule has 0 saturated carbocycles. The number of ether oxygens (including phenoxy) is 4. The fraction of sp³-hybridized carbons (Fsp3) is 0.579. The van der Waals surface area contributed by atoms with Crippen LogP contribution in [0.2, 0.25) is 0 Å². The van der Waals surface area contributed by atoms with Crippen LogP contribution in [0, 0.1) is 0 Å². The number of rotatable bonds is 8. The van der Waals surface area contributed by atoms with E-state index in [-0.39, 0.29) is 0 Å². The Morgan fingerprint density at radius 3 is 2.62 bits per heavy atom. The standard InChI is InChI=1S/C19H27N3O4/c1-22(9-5-7-13-8-6-10-26-13)19-14-11-15(23-2)17(24-3)18(25-4)16(14)20-12-21-19/h11-13H,5-10H2,1-4H3. The van der Waals surface area contributed by atoms with Crippen LogP contribution in [0.3, 0.4) is 0 Å². The monoisotopic (exact) mass is 361 g/mol. The molecule has 0 amide bonds. The summed E-state index contributed by atoms with van der Waals surface area (Å²) in [6.45, 7) is 1.79. The second-order valence-electron chi connectivity index (χ2n) is 6.44. The lowest BCUT2D eigenvalue weighted by molar-refractivity contribution is 0.103. The second kappa shape index (κ2) is 8.40. The first-order valence-corrected chi connectivity index (χ1v) is 8.96. The summed E-state index contributed by atoms with van der Waals surface area (Å²) in [5.41, 5.74) is 0.709. The lowest BCUT2D eigenvalue weighted by Gasteiger charge is -2.22. The van der Waals surface area contributed by atoms with Crippen molar-refractivity contribution < 1.29 is 18.9 Å². The van der Waals surface area contributed by atoms with Gasteiger partial charge in [0.1, 0.15) is 17.7 Å². The van der Waals surface area contributed by atoms with Gasteiger partial charge in [-0.15, -0.1) is 0 Å². The van der Waals surface area contributed by atoms with Gasteiger partial charge < -0.3 is 23.8 Å². The van der Waals surface area contributed by atoms with E-state index in [9.17, 15) is 0 Å². The van der Waals surface area contributed by atoms with Crippen LogP contribution in [0.1, 0.15) is 25.7 Å². The zero-order valence-corrected chi connectivity index (χ0v) is 15.9. The first-order chi connectivity index (χ1) is 12.7. The van der Waals surface area contributed by atoms with Crippen molar-refractivity contribution in [3.05, 3.63) is 12.4 Å². The van der Waals surface area contributed by atoms with Crippen LogP contribution in [-0.4, -0.2) is 57.6 Å². The van der Waals surface area contributed by atoms with E-state index in [1.807, 2.05) is 13.1 Å². The quantitative estimate of drug-likeness (QED) is 0.716. The minimum atomic E-state index is 0.412. The summed E-state index contributed by atoms with van der Waals surface area (Å²) in [5.74, 6) is 2.54. The molecule has 0 N–H and O–H groups in total. The summed E-state index contributed by atoms with van der Waals surface area (Å²) in [4.78, 5) is 11.0. The largest absolute Gasteiger partial charge is 0.493 e. The number of aromatic nitrogens is 2. The smallest absolute Gasteiger partial charge is 0.205 e. The van der Waals surface area contributed by atoms with Gasteiger partial charge in [-0.3, -0.25) is 0 Å². The predicted octanol–water partition coefficient (Wildman–Crippen LogP) is 3.05.